The van der Waals surface area contributed by atoms with E-state index in [4.69, 9.17) is 11.6 Å². The number of rotatable bonds is 5. The molecule has 1 saturated heterocycles. The Bertz CT molecular complexity index is 866. The predicted molar refractivity (Wildman–Crippen MR) is 101 cm³/mol. The molecule has 25 heavy (non-hydrogen) atoms. The van der Waals surface area contributed by atoms with Crippen molar-refractivity contribution in [2.24, 2.45) is 0 Å². The first-order chi connectivity index (χ1) is 12.0. The number of carbonyl (C=O) groups excluding carboxylic acids is 1. The van der Waals surface area contributed by atoms with Crippen LogP contribution in [0.25, 0.3) is 0 Å². The number of aryl methyl sites for hydroxylation is 1. The van der Waals surface area contributed by atoms with Crippen LogP contribution in [0.1, 0.15) is 18.4 Å². The second kappa shape index (κ2) is 7.45. The first-order valence-corrected chi connectivity index (χ1v) is 10.1. The number of nitrogens with one attached hydrogen (secondary N) is 1. The number of carbonyl (C=O) groups is 1. The first kappa shape index (κ1) is 17.8. The molecular weight excluding hydrogens is 360 g/mol. The molecule has 0 aromatic heterocycles. The normalized spacial score (nSPS) is 16.0. The third-order valence-corrected chi connectivity index (χ3v) is 6.36. The second-order valence-electron chi connectivity index (χ2n) is 5.93. The average molecular weight is 379 g/mol. The number of sulfonamides is 1. The molecule has 3 rings (SSSR count). The molecule has 0 saturated carbocycles. The maximum Gasteiger partial charge on any atom is 0.235 e. The van der Waals surface area contributed by atoms with Crippen LogP contribution >= 0.6 is 11.6 Å². The van der Waals surface area contributed by atoms with Gasteiger partial charge in [-0.15, -0.1) is 0 Å². The molecule has 0 spiro atoms. The summed E-state index contributed by atoms with van der Waals surface area (Å²) in [5.74, 6) is 0.0783. The van der Waals surface area contributed by atoms with Crippen LogP contribution in [-0.4, -0.2) is 26.6 Å². The lowest BCUT2D eigenvalue weighted by Gasteiger charge is -2.17. The highest BCUT2D eigenvalue weighted by Crippen LogP contribution is 2.25. The smallest absolute Gasteiger partial charge is 0.235 e. The van der Waals surface area contributed by atoms with E-state index in [2.05, 4.69) is 5.32 Å². The SMILES string of the molecule is O=C(CCc1ccccc1Cl)Nc1ccc(N2CCCS2(=O)=O)cc1. The van der Waals surface area contributed by atoms with E-state index in [1.54, 1.807) is 30.3 Å². The maximum atomic E-state index is 12.1. The van der Waals surface area contributed by atoms with Gasteiger partial charge in [-0.1, -0.05) is 29.8 Å². The fraction of sp³-hybridized carbons (Fsp3) is 0.278. The molecule has 1 aliphatic rings. The topological polar surface area (TPSA) is 66.5 Å². The number of halogens is 1. The van der Waals surface area contributed by atoms with Gasteiger partial charge < -0.3 is 5.32 Å². The van der Waals surface area contributed by atoms with Gasteiger partial charge in [0.05, 0.1) is 11.4 Å². The number of amides is 1. The van der Waals surface area contributed by atoms with E-state index < -0.39 is 10.0 Å². The first-order valence-electron chi connectivity index (χ1n) is 8.09. The van der Waals surface area contributed by atoms with Crippen molar-refractivity contribution in [3.8, 4) is 0 Å². The van der Waals surface area contributed by atoms with Crippen LogP contribution in [0.3, 0.4) is 0 Å². The van der Waals surface area contributed by atoms with Crippen LogP contribution in [0.15, 0.2) is 48.5 Å². The summed E-state index contributed by atoms with van der Waals surface area (Å²) in [6, 6.07) is 14.3. The van der Waals surface area contributed by atoms with Crippen LogP contribution in [-0.2, 0) is 21.2 Å². The third kappa shape index (κ3) is 4.32. The lowest BCUT2D eigenvalue weighted by molar-refractivity contribution is -0.116. The van der Waals surface area contributed by atoms with Crippen LogP contribution in [0.5, 0.6) is 0 Å². The van der Waals surface area contributed by atoms with Crippen molar-refractivity contribution in [1.82, 2.24) is 0 Å². The standard InChI is InChI=1S/C18H19ClN2O3S/c19-17-5-2-1-4-14(17)6-11-18(22)20-15-7-9-16(10-8-15)21-12-3-13-25(21,23)24/h1-2,4-5,7-10H,3,6,11-13H2,(H,20,22). The molecule has 1 aliphatic heterocycles. The molecular formula is C18H19ClN2O3S. The Balaban J connectivity index is 1.58. The van der Waals surface area contributed by atoms with Crippen LogP contribution in [0.4, 0.5) is 11.4 Å². The van der Waals surface area contributed by atoms with Crippen molar-refractivity contribution >= 4 is 38.9 Å². The Morgan fingerprint density at radius 2 is 1.84 bits per heavy atom. The summed E-state index contributed by atoms with van der Waals surface area (Å²) in [5.41, 5.74) is 2.21. The molecule has 1 N–H and O–H groups in total. The van der Waals surface area contributed by atoms with Gasteiger partial charge in [-0.05, 0) is 48.7 Å². The minimum atomic E-state index is -3.19. The lowest BCUT2D eigenvalue weighted by Crippen LogP contribution is -2.25. The molecule has 132 valence electrons. The molecule has 2 aromatic rings. The van der Waals surface area contributed by atoms with Crippen molar-refractivity contribution in [1.29, 1.82) is 0 Å². The summed E-state index contributed by atoms with van der Waals surface area (Å²) < 4.78 is 25.2. The van der Waals surface area contributed by atoms with Crippen molar-refractivity contribution in [3.05, 3.63) is 59.1 Å². The molecule has 5 nitrogen and oxygen atoms in total. The van der Waals surface area contributed by atoms with Crippen molar-refractivity contribution in [2.45, 2.75) is 19.3 Å². The van der Waals surface area contributed by atoms with E-state index in [0.717, 1.165) is 5.56 Å². The highest BCUT2D eigenvalue weighted by molar-refractivity contribution is 7.93. The zero-order valence-corrected chi connectivity index (χ0v) is 15.2. The van der Waals surface area contributed by atoms with E-state index in [-0.39, 0.29) is 11.7 Å². The minimum Gasteiger partial charge on any atom is -0.326 e. The third-order valence-electron chi connectivity index (χ3n) is 4.12. The Hall–Kier alpha value is -2.05. The Kier molecular flexibility index (Phi) is 5.30. The Morgan fingerprint density at radius 3 is 2.48 bits per heavy atom. The van der Waals surface area contributed by atoms with Gasteiger partial charge in [-0.2, -0.15) is 0 Å². The molecule has 0 aliphatic carbocycles. The molecule has 2 aromatic carbocycles. The van der Waals surface area contributed by atoms with Gasteiger partial charge in [-0.3, -0.25) is 9.10 Å². The van der Waals surface area contributed by atoms with Crippen LogP contribution in [0, 0.1) is 0 Å². The summed E-state index contributed by atoms with van der Waals surface area (Å²) in [6.07, 6.45) is 1.53. The van der Waals surface area contributed by atoms with Gasteiger partial charge in [0, 0.05) is 23.7 Å². The van der Waals surface area contributed by atoms with Gasteiger partial charge in [-0.25, -0.2) is 8.42 Å². The summed E-state index contributed by atoms with van der Waals surface area (Å²) >= 11 is 6.09. The zero-order chi connectivity index (χ0) is 17.9. The van der Waals surface area contributed by atoms with Crippen molar-refractivity contribution in [3.63, 3.8) is 0 Å². The van der Waals surface area contributed by atoms with E-state index in [1.807, 2.05) is 18.2 Å². The minimum absolute atomic E-state index is 0.110. The van der Waals surface area contributed by atoms with Crippen molar-refractivity contribution < 1.29 is 13.2 Å². The molecule has 1 amide bonds. The number of nitrogens with zero attached hydrogens (tertiary/aromatic N) is 1. The Morgan fingerprint density at radius 1 is 1.12 bits per heavy atom. The maximum absolute atomic E-state index is 12.1. The van der Waals surface area contributed by atoms with Gasteiger partial charge >= 0.3 is 0 Å². The highest BCUT2D eigenvalue weighted by Gasteiger charge is 2.28. The molecule has 0 atom stereocenters. The lowest BCUT2D eigenvalue weighted by atomic mass is 10.1. The summed E-state index contributed by atoms with van der Waals surface area (Å²) in [5, 5.41) is 3.48. The molecule has 0 unspecified atom stereocenters. The number of anilines is 2. The zero-order valence-electron chi connectivity index (χ0n) is 13.6. The summed E-state index contributed by atoms with van der Waals surface area (Å²) in [6.45, 7) is 0.506. The van der Waals surface area contributed by atoms with Gasteiger partial charge in [0.25, 0.3) is 0 Å². The largest absolute Gasteiger partial charge is 0.326 e. The second-order valence-corrected chi connectivity index (χ2v) is 8.35. The summed E-state index contributed by atoms with van der Waals surface area (Å²) in [7, 11) is -3.19. The molecule has 1 fully saturated rings. The van der Waals surface area contributed by atoms with Crippen LogP contribution in [0.2, 0.25) is 5.02 Å². The van der Waals surface area contributed by atoms with E-state index in [1.165, 1.54) is 4.31 Å². The number of benzene rings is 2. The van der Waals surface area contributed by atoms with Crippen LogP contribution < -0.4 is 9.62 Å². The van der Waals surface area contributed by atoms with E-state index >= 15 is 0 Å². The number of hydrogen-bond donors (Lipinski definition) is 1. The fourth-order valence-corrected chi connectivity index (χ4v) is 4.61. The molecule has 7 heteroatoms. The molecule has 1 heterocycles. The predicted octanol–water partition coefficient (Wildman–Crippen LogP) is 3.45. The highest BCUT2D eigenvalue weighted by atomic mass is 35.5. The molecule has 0 bridgehead atoms. The number of hydrogen-bond acceptors (Lipinski definition) is 3. The fourth-order valence-electron chi connectivity index (χ4n) is 2.81. The van der Waals surface area contributed by atoms with E-state index in [9.17, 15) is 13.2 Å². The quantitative estimate of drug-likeness (QED) is 0.866. The summed E-state index contributed by atoms with van der Waals surface area (Å²) in [4.78, 5) is 12.1. The Labute approximate surface area is 152 Å². The van der Waals surface area contributed by atoms with Gasteiger partial charge in [0.15, 0.2) is 0 Å². The molecule has 0 radical (unpaired) electrons. The monoisotopic (exact) mass is 378 g/mol. The van der Waals surface area contributed by atoms with Gasteiger partial charge in [0.2, 0.25) is 15.9 Å². The van der Waals surface area contributed by atoms with Gasteiger partial charge in [0.1, 0.15) is 0 Å². The van der Waals surface area contributed by atoms with E-state index in [0.29, 0.717) is 42.2 Å². The average Bonchev–Trinajstić information content (AvgIpc) is 2.94. The van der Waals surface area contributed by atoms with Crippen molar-refractivity contribution in [2.75, 3.05) is 21.9 Å².